The number of hydrogen-bond donors (Lipinski definition) is 1. The maximum absolute atomic E-state index is 11.9. The van der Waals surface area contributed by atoms with Gasteiger partial charge in [0, 0.05) is 18.3 Å². The van der Waals surface area contributed by atoms with Crippen molar-refractivity contribution in [3.63, 3.8) is 0 Å². The third-order valence-corrected chi connectivity index (χ3v) is 1.81. The highest BCUT2D eigenvalue weighted by atomic mass is 19.1. The summed E-state index contributed by atoms with van der Waals surface area (Å²) in [6.45, 7) is -0.0934. The molecule has 0 bridgehead atoms. The third kappa shape index (κ3) is 2.52. The molecule has 0 heterocycles. The largest absolute Gasteiger partial charge is 0.493 e. The van der Waals surface area contributed by atoms with Gasteiger partial charge in [0.25, 0.3) is 0 Å². The van der Waals surface area contributed by atoms with E-state index in [1.807, 2.05) is 6.07 Å². The van der Waals surface area contributed by atoms with Crippen molar-refractivity contribution in [3.8, 4) is 11.5 Å². The zero-order valence-corrected chi connectivity index (χ0v) is 8.34. The Morgan fingerprint density at radius 3 is 2.50 bits per heavy atom. The van der Waals surface area contributed by atoms with Crippen LogP contribution in [0.4, 0.5) is 10.1 Å². The van der Waals surface area contributed by atoms with E-state index >= 15 is 0 Å². The van der Waals surface area contributed by atoms with Gasteiger partial charge in [0.2, 0.25) is 0 Å². The van der Waals surface area contributed by atoms with E-state index in [0.29, 0.717) is 18.0 Å². The number of alkyl halides is 1. The molecule has 0 saturated carbocycles. The number of benzene rings is 1. The van der Waals surface area contributed by atoms with Gasteiger partial charge in [-0.15, -0.1) is 0 Å². The van der Waals surface area contributed by atoms with Crippen LogP contribution in [-0.4, -0.2) is 27.4 Å². The molecule has 0 aromatic heterocycles. The van der Waals surface area contributed by atoms with Crippen LogP contribution >= 0.6 is 0 Å². The van der Waals surface area contributed by atoms with Crippen LogP contribution in [-0.2, 0) is 0 Å². The van der Waals surface area contributed by atoms with Crippen LogP contribution in [0.25, 0.3) is 0 Å². The van der Waals surface area contributed by atoms with E-state index < -0.39 is 6.67 Å². The minimum Gasteiger partial charge on any atom is -0.493 e. The molecule has 14 heavy (non-hydrogen) atoms. The quantitative estimate of drug-likeness (QED) is 0.787. The van der Waals surface area contributed by atoms with E-state index in [2.05, 4.69) is 5.32 Å². The predicted molar refractivity (Wildman–Crippen MR) is 54.0 cm³/mol. The summed E-state index contributed by atoms with van der Waals surface area (Å²) in [4.78, 5) is 0. The summed E-state index contributed by atoms with van der Waals surface area (Å²) >= 11 is 0. The molecular weight excluding hydrogens is 185 g/mol. The summed E-state index contributed by atoms with van der Waals surface area (Å²) in [7, 11) is 3.14. The number of rotatable bonds is 5. The molecule has 1 aromatic rings. The highest BCUT2D eigenvalue weighted by molar-refractivity contribution is 5.54. The SMILES string of the molecule is COc1ccc(NCCF)cc1OC. The van der Waals surface area contributed by atoms with Crippen molar-refractivity contribution >= 4 is 5.69 Å². The van der Waals surface area contributed by atoms with Crippen molar-refractivity contribution in [2.75, 3.05) is 32.8 Å². The summed E-state index contributed by atoms with van der Waals surface area (Å²) in [5, 5.41) is 2.91. The van der Waals surface area contributed by atoms with E-state index in [9.17, 15) is 4.39 Å². The number of methoxy groups -OCH3 is 2. The zero-order valence-electron chi connectivity index (χ0n) is 8.34. The van der Waals surface area contributed by atoms with Crippen LogP contribution in [0.15, 0.2) is 18.2 Å². The van der Waals surface area contributed by atoms with Gasteiger partial charge in [0.05, 0.1) is 14.2 Å². The molecule has 0 amide bonds. The van der Waals surface area contributed by atoms with E-state index in [4.69, 9.17) is 9.47 Å². The minimum atomic E-state index is -0.394. The van der Waals surface area contributed by atoms with Crippen molar-refractivity contribution in [1.82, 2.24) is 0 Å². The highest BCUT2D eigenvalue weighted by Crippen LogP contribution is 2.29. The summed E-state index contributed by atoms with van der Waals surface area (Å²) in [5.74, 6) is 1.30. The van der Waals surface area contributed by atoms with Gasteiger partial charge in [-0.2, -0.15) is 0 Å². The van der Waals surface area contributed by atoms with Crippen LogP contribution in [0, 0.1) is 0 Å². The second-order valence-corrected chi connectivity index (χ2v) is 2.69. The highest BCUT2D eigenvalue weighted by Gasteiger charge is 2.03. The van der Waals surface area contributed by atoms with Gasteiger partial charge in [-0.05, 0) is 12.1 Å². The van der Waals surface area contributed by atoms with Gasteiger partial charge >= 0.3 is 0 Å². The first-order valence-electron chi connectivity index (χ1n) is 4.33. The normalized spacial score (nSPS) is 9.64. The lowest BCUT2D eigenvalue weighted by atomic mass is 10.2. The van der Waals surface area contributed by atoms with Gasteiger partial charge in [-0.1, -0.05) is 0 Å². The monoisotopic (exact) mass is 199 g/mol. The number of halogens is 1. The van der Waals surface area contributed by atoms with Gasteiger partial charge in [-0.3, -0.25) is 0 Å². The van der Waals surface area contributed by atoms with E-state index in [-0.39, 0.29) is 0 Å². The molecule has 3 nitrogen and oxygen atoms in total. The lowest BCUT2D eigenvalue weighted by Gasteiger charge is -2.10. The average Bonchev–Trinajstić information content (AvgIpc) is 2.25. The number of anilines is 1. The molecule has 1 rings (SSSR count). The Hall–Kier alpha value is -1.45. The first-order valence-corrected chi connectivity index (χ1v) is 4.33. The molecule has 0 saturated heterocycles. The molecule has 0 fully saturated rings. The van der Waals surface area contributed by atoms with Crippen LogP contribution in [0.1, 0.15) is 0 Å². The first kappa shape index (κ1) is 10.6. The molecule has 0 radical (unpaired) electrons. The van der Waals surface area contributed by atoms with Crippen molar-refractivity contribution < 1.29 is 13.9 Å². The Bertz CT molecular complexity index is 291. The molecule has 0 aliphatic heterocycles. The predicted octanol–water partition coefficient (Wildman–Crippen LogP) is 2.09. The molecule has 0 atom stereocenters. The summed E-state index contributed by atoms with van der Waals surface area (Å²) in [6, 6.07) is 5.37. The fourth-order valence-electron chi connectivity index (χ4n) is 1.14. The molecule has 4 heteroatoms. The van der Waals surface area contributed by atoms with Crippen LogP contribution in [0.5, 0.6) is 11.5 Å². The second kappa shape index (κ2) is 5.32. The first-order chi connectivity index (χ1) is 6.81. The standard InChI is InChI=1S/C10H14FNO2/c1-13-9-4-3-8(12-6-5-11)7-10(9)14-2/h3-4,7,12H,5-6H2,1-2H3. The number of hydrogen-bond acceptors (Lipinski definition) is 3. The Kier molecular flexibility index (Phi) is 4.04. The van der Waals surface area contributed by atoms with Crippen LogP contribution in [0.3, 0.4) is 0 Å². The van der Waals surface area contributed by atoms with E-state index in [0.717, 1.165) is 5.69 Å². The summed E-state index contributed by atoms with van der Waals surface area (Å²) in [5.41, 5.74) is 0.820. The van der Waals surface area contributed by atoms with Gasteiger partial charge in [-0.25, -0.2) is 4.39 Å². The Morgan fingerprint density at radius 2 is 1.93 bits per heavy atom. The molecular formula is C10H14FNO2. The molecule has 0 unspecified atom stereocenters. The molecule has 1 N–H and O–H groups in total. The van der Waals surface area contributed by atoms with Crippen LogP contribution < -0.4 is 14.8 Å². The summed E-state index contributed by atoms with van der Waals surface area (Å²) in [6.07, 6.45) is 0. The lowest BCUT2D eigenvalue weighted by molar-refractivity contribution is 0.355. The maximum atomic E-state index is 11.9. The fraction of sp³-hybridized carbons (Fsp3) is 0.400. The Labute approximate surface area is 82.8 Å². The molecule has 0 aliphatic rings. The maximum Gasteiger partial charge on any atom is 0.162 e. The second-order valence-electron chi connectivity index (χ2n) is 2.69. The Morgan fingerprint density at radius 1 is 1.21 bits per heavy atom. The van der Waals surface area contributed by atoms with Crippen molar-refractivity contribution in [3.05, 3.63) is 18.2 Å². The van der Waals surface area contributed by atoms with Gasteiger partial charge in [0.1, 0.15) is 6.67 Å². The fourth-order valence-corrected chi connectivity index (χ4v) is 1.14. The molecule has 1 aromatic carbocycles. The Balaban J connectivity index is 2.79. The number of ether oxygens (including phenoxy) is 2. The third-order valence-electron chi connectivity index (χ3n) is 1.81. The van der Waals surface area contributed by atoms with Crippen molar-refractivity contribution in [2.45, 2.75) is 0 Å². The molecule has 0 aliphatic carbocycles. The summed E-state index contributed by atoms with van der Waals surface area (Å²) < 4.78 is 22.1. The van der Waals surface area contributed by atoms with E-state index in [1.54, 1.807) is 26.4 Å². The van der Waals surface area contributed by atoms with Crippen LogP contribution in [0.2, 0.25) is 0 Å². The minimum absolute atomic E-state index is 0.301. The smallest absolute Gasteiger partial charge is 0.162 e. The number of nitrogens with one attached hydrogen (secondary N) is 1. The van der Waals surface area contributed by atoms with Crippen molar-refractivity contribution in [1.29, 1.82) is 0 Å². The van der Waals surface area contributed by atoms with Gasteiger partial charge < -0.3 is 14.8 Å². The zero-order chi connectivity index (χ0) is 10.4. The topological polar surface area (TPSA) is 30.5 Å². The lowest BCUT2D eigenvalue weighted by Crippen LogP contribution is -2.03. The average molecular weight is 199 g/mol. The van der Waals surface area contributed by atoms with Gasteiger partial charge in [0.15, 0.2) is 11.5 Å². The molecule has 78 valence electrons. The van der Waals surface area contributed by atoms with E-state index in [1.165, 1.54) is 0 Å². The molecule has 0 spiro atoms. The van der Waals surface area contributed by atoms with Crippen molar-refractivity contribution in [2.24, 2.45) is 0 Å².